The van der Waals surface area contributed by atoms with E-state index in [1.165, 1.54) is 0 Å². The van der Waals surface area contributed by atoms with Crippen LogP contribution < -0.4 is 15.5 Å². The molecule has 62 heavy (non-hydrogen) atoms. The second-order valence-corrected chi connectivity index (χ2v) is 17.8. The number of nitrogens with zero attached hydrogens (tertiary/aromatic N) is 2. The van der Waals surface area contributed by atoms with Crippen LogP contribution in [0, 0.1) is 18.8 Å². The number of aromatic nitrogens is 1. The van der Waals surface area contributed by atoms with Crippen LogP contribution in [0.25, 0.3) is 10.2 Å². The number of esters is 1. The van der Waals surface area contributed by atoms with E-state index in [0.29, 0.717) is 91.0 Å². The molecule has 15 heteroatoms. The number of fused-ring (bicyclic) bond motifs is 1. The lowest BCUT2D eigenvalue weighted by Gasteiger charge is -2.27. The van der Waals surface area contributed by atoms with Crippen molar-refractivity contribution < 1.29 is 47.7 Å². The molecular formula is C47H70N4O10S. The molecular weight excluding hydrogens is 813 g/mol. The summed E-state index contributed by atoms with van der Waals surface area (Å²) in [5.74, 6) is -0.0825. The minimum atomic E-state index is -0.493. The zero-order chi connectivity index (χ0) is 44.7. The van der Waals surface area contributed by atoms with Crippen molar-refractivity contribution in [3.8, 4) is 0 Å². The van der Waals surface area contributed by atoms with E-state index in [-0.39, 0.29) is 54.3 Å². The number of hydrogen-bond donors (Lipinski definition) is 2. The maximum absolute atomic E-state index is 13.7. The maximum atomic E-state index is 13.7. The normalized spacial score (nSPS) is 15.4. The standard InChI is InChI=1S/C47H70N4O10S/c1-6-50(38-12-10-11-35(2)31-38)44(54)34-51-39-19-30-62-42(39)33-40(51)41(52)32-36-14-16-37(17-15-36)46(56)49-20-9-7-8-13-43(53)48-21-23-58-25-27-60-29-28-59-26-24-57-22-18-45(55)61-47(3,4)5/h10-12,19,30-31,33,36-37H,6-9,13-18,20-29,32,34H2,1-5H3,(H,48,53)(H,49,56). The highest BCUT2D eigenvalue weighted by Gasteiger charge is 2.29. The van der Waals surface area contributed by atoms with Crippen LogP contribution in [0.5, 0.6) is 0 Å². The third-order valence-electron chi connectivity index (χ3n) is 10.7. The predicted octanol–water partition coefficient (Wildman–Crippen LogP) is 7.03. The molecule has 4 rings (SSSR count). The van der Waals surface area contributed by atoms with Crippen LogP contribution in [-0.4, -0.2) is 112 Å². The smallest absolute Gasteiger partial charge is 0.308 e. The minimum Gasteiger partial charge on any atom is -0.460 e. The van der Waals surface area contributed by atoms with Gasteiger partial charge in [0.05, 0.1) is 75.2 Å². The molecule has 2 N–H and O–H groups in total. The number of anilines is 1. The molecule has 2 aromatic heterocycles. The van der Waals surface area contributed by atoms with Crippen LogP contribution in [0.4, 0.5) is 5.69 Å². The van der Waals surface area contributed by atoms with Gasteiger partial charge in [0.15, 0.2) is 5.78 Å². The second-order valence-electron chi connectivity index (χ2n) is 16.8. The molecule has 3 amide bonds. The van der Waals surface area contributed by atoms with Crippen molar-refractivity contribution in [3.63, 3.8) is 0 Å². The second kappa shape index (κ2) is 27.1. The van der Waals surface area contributed by atoms with Gasteiger partial charge in [0, 0.05) is 44.1 Å². The van der Waals surface area contributed by atoms with Gasteiger partial charge in [-0.05, 0) is 114 Å². The van der Waals surface area contributed by atoms with Crippen molar-refractivity contribution in [2.24, 2.45) is 11.8 Å². The first-order chi connectivity index (χ1) is 29.8. The molecule has 0 spiro atoms. The van der Waals surface area contributed by atoms with Gasteiger partial charge in [-0.1, -0.05) is 18.6 Å². The highest BCUT2D eigenvalue weighted by molar-refractivity contribution is 7.17. The number of likely N-dealkylation sites (N-methyl/N-ethyl adjacent to an activating group) is 1. The molecule has 1 fully saturated rings. The Morgan fingerprint density at radius 3 is 2.13 bits per heavy atom. The van der Waals surface area contributed by atoms with Crippen LogP contribution in [0.3, 0.4) is 0 Å². The number of carbonyl (C=O) groups excluding carboxylic acids is 5. The number of rotatable bonds is 29. The van der Waals surface area contributed by atoms with Gasteiger partial charge in [-0.15, -0.1) is 11.3 Å². The van der Waals surface area contributed by atoms with Gasteiger partial charge in [0.2, 0.25) is 17.7 Å². The lowest BCUT2D eigenvalue weighted by molar-refractivity contribution is -0.156. The molecule has 1 aromatic carbocycles. The fourth-order valence-corrected chi connectivity index (χ4v) is 8.32. The number of nitrogens with one attached hydrogen (secondary N) is 2. The summed E-state index contributed by atoms with van der Waals surface area (Å²) in [6, 6.07) is 11.8. The molecule has 1 aliphatic rings. The average molecular weight is 883 g/mol. The number of carbonyl (C=O) groups is 5. The van der Waals surface area contributed by atoms with E-state index in [4.69, 9.17) is 23.7 Å². The maximum Gasteiger partial charge on any atom is 0.308 e. The lowest BCUT2D eigenvalue weighted by atomic mass is 9.79. The molecule has 2 heterocycles. The SMILES string of the molecule is CCN(C(=O)Cn1c(C(=O)CC2CCC(C(=O)NCCCCCC(=O)NCCOCCOCCOCCOCCC(=O)OC(C)(C)C)CC2)cc2sccc21)c1cccc(C)c1. The molecule has 3 aromatic rings. The van der Waals surface area contributed by atoms with Crippen LogP contribution in [-0.2, 0) is 49.4 Å². The summed E-state index contributed by atoms with van der Waals surface area (Å²) in [6.45, 7) is 14.3. The predicted molar refractivity (Wildman–Crippen MR) is 242 cm³/mol. The van der Waals surface area contributed by atoms with E-state index in [1.54, 1.807) is 16.2 Å². The van der Waals surface area contributed by atoms with Gasteiger partial charge in [0.1, 0.15) is 12.1 Å². The average Bonchev–Trinajstić information content (AvgIpc) is 3.83. The van der Waals surface area contributed by atoms with Crippen molar-refractivity contribution in [1.29, 1.82) is 0 Å². The Bertz CT molecular complexity index is 1840. The summed E-state index contributed by atoms with van der Waals surface area (Å²) in [5, 5.41) is 7.95. The first-order valence-corrected chi connectivity index (χ1v) is 23.3. The van der Waals surface area contributed by atoms with E-state index in [2.05, 4.69) is 10.6 Å². The first-order valence-electron chi connectivity index (χ1n) is 22.4. The summed E-state index contributed by atoms with van der Waals surface area (Å²) in [4.78, 5) is 65.9. The number of Topliss-reactive ketones (excluding diaryl/α,β-unsaturated/α-hetero) is 1. The highest BCUT2D eigenvalue weighted by atomic mass is 32.1. The molecule has 0 unspecified atom stereocenters. The Kier molecular flexibility index (Phi) is 22.1. The van der Waals surface area contributed by atoms with Crippen molar-refractivity contribution in [2.45, 2.75) is 111 Å². The summed E-state index contributed by atoms with van der Waals surface area (Å²) in [7, 11) is 0. The summed E-state index contributed by atoms with van der Waals surface area (Å²) in [6.07, 6.45) is 6.58. The van der Waals surface area contributed by atoms with E-state index in [9.17, 15) is 24.0 Å². The molecule has 1 saturated carbocycles. The third-order valence-corrected chi connectivity index (χ3v) is 11.5. The molecule has 0 saturated heterocycles. The highest BCUT2D eigenvalue weighted by Crippen LogP contribution is 2.33. The third kappa shape index (κ3) is 18.3. The minimum absolute atomic E-state index is 0.0159. The van der Waals surface area contributed by atoms with Gasteiger partial charge in [-0.2, -0.15) is 0 Å². The van der Waals surface area contributed by atoms with Crippen molar-refractivity contribution in [2.75, 3.05) is 77.4 Å². The van der Waals surface area contributed by atoms with Gasteiger partial charge in [-0.25, -0.2) is 0 Å². The fraction of sp³-hybridized carbons (Fsp3) is 0.638. The molecule has 0 atom stereocenters. The Hall–Kier alpha value is -4.15. The molecule has 14 nitrogen and oxygen atoms in total. The monoisotopic (exact) mass is 882 g/mol. The topological polar surface area (TPSA) is 164 Å². The van der Waals surface area contributed by atoms with E-state index < -0.39 is 5.60 Å². The van der Waals surface area contributed by atoms with Crippen LogP contribution in [0.2, 0.25) is 0 Å². The summed E-state index contributed by atoms with van der Waals surface area (Å²) < 4.78 is 29.9. The zero-order valence-corrected chi connectivity index (χ0v) is 38.5. The summed E-state index contributed by atoms with van der Waals surface area (Å²) >= 11 is 1.57. The van der Waals surface area contributed by atoms with Crippen molar-refractivity contribution in [1.82, 2.24) is 15.2 Å². The number of ether oxygens (including phenoxy) is 5. The lowest BCUT2D eigenvalue weighted by Crippen LogP contribution is -2.35. The van der Waals surface area contributed by atoms with Gasteiger partial charge < -0.3 is 43.8 Å². The Morgan fingerprint density at radius 1 is 0.790 bits per heavy atom. The zero-order valence-electron chi connectivity index (χ0n) is 37.6. The van der Waals surface area contributed by atoms with E-state index >= 15 is 0 Å². The molecule has 0 bridgehead atoms. The number of amides is 3. The summed E-state index contributed by atoms with van der Waals surface area (Å²) in [5.41, 5.74) is 2.93. The Labute approximate surface area is 371 Å². The van der Waals surface area contributed by atoms with Crippen molar-refractivity contribution >= 4 is 56.7 Å². The number of aryl methyl sites for hydroxylation is 1. The number of ketones is 1. The molecule has 344 valence electrons. The van der Waals surface area contributed by atoms with E-state index in [1.807, 2.05) is 81.0 Å². The molecule has 0 radical (unpaired) electrons. The van der Waals surface area contributed by atoms with Crippen LogP contribution in [0.15, 0.2) is 41.8 Å². The Balaban J connectivity index is 0.979. The quantitative estimate of drug-likeness (QED) is 0.0420. The largest absolute Gasteiger partial charge is 0.460 e. The number of benzene rings is 1. The van der Waals surface area contributed by atoms with Crippen LogP contribution >= 0.6 is 11.3 Å². The molecule has 0 aliphatic heterocycles. The fourth-order valence-electron chi connectivity index (χ4n) is 7.50. The molecule has 1 aliphatic carbocycles. The Morgan fingerprint density at radius 2 is 1.47 bits per heavy atom. The van der Waals surface area contributed by atoms with E-state index in [0.717, 1.165) is 66.4 Å². The number of hydrogen-bond acceptors (Lipinski definition) is 11. The van der Waals surface area contributed by atoms with Crippen LogP contribution in [0.1, 0.15) is 108 Å². The number of thiophene rings is 1. The van der Waals surface area contributed by atoms with Gasteiger partial charge >= 0.3 is 5.97 Å². The van der Waals surface area contributed by atoms with Gasteiger partial charge in [-0.3, -0.25) is 24.0 Å². The first kappa shape index (κ1) is 50.5. The van der Waals surface area contributed by atoms with Crippen molar-refractivity contribution in [3.05, 3.63) is 53.0 Å². The number of unbranched alkanes of at least 4 members (excludes halogenated alkanes) is 2. The van der Waals surface area contributed by atoms with Gasteiger partial charge in [0.25, 0.3) is 0 Å².